The average molecular weight is 434 g/mol. The first-order chi connectivity index (χ1) is 15.5. The molecule has 0 bridgehead atoms. The average Bonchev–Trinajstić information content (AvgIpc) is 2.79. The van der Waals surface area contributed by atoms with E-state index >= 15 is 0 Å². The number of amides is 2. The van der Waals surface area contributed by atoms with Gasteiger partial charge in [0.2, 0.25) is 5.91 Å². The van der Waals surface area contributed by atoms with Gasteiger partial charge in [0.05, 0.1) is 0 Å². The van der Waals surface area contributed by atoms with Crippen LogP contribution in [-0.4, -0.2) is 32.1 Å². The van der Waals surface area contributed by atoms with Crippen LogP contribution in [0.5, 0.6) is 17.2 Å². The van der Waals surface area contributed by atoms with E-state index in [1.165, 1.54) is 12.7 Å². The molecule has 0 saturated carbocycles. The van der Waals surface area contributed by atoms with Crippen molar-refractivity contribution >= 4 is 17.5 Å². The molecule has 2 amide bonds. The van der Waals surface area contributed by atoms with Crippen LogP contribution in [0.4, 0.5) is 5.69 Å². The van der Waals surface area contributed by atoms with E-state index < -0.39 is 0 Å². The molecule has 0 aliphatic heterocycles. The Morgan fingerprint density at radius 3 is 2.16 bits per heavy atom. The van der Waals surface area contributed by atoms with E-state index in [1.54, 1.807) is 42.5 Å². The molecule has 166 valence electrons. The van der Waals surface area contributed by atoms with Crippen LogP contribution in [0.15, 0.2) is 72.8 Å². The molecule has 0 heterocycles. The van der Waals surface area contributed by atoms with Crippen molar-refractivity contribution in [2.24, 2.45) is 0 Å². The number of anilines is 1. The molecule has 3 aromatic rings. The number of aryl methyl sites for hydroxylation is 1. The Labute approximate surface area is 187 Å². The molecular formula is C25H26N2O5. The van der Waals surface area contributed by atoms with Crippen LogP contribution in [0.25, 0.3) is 0 Å². The number of methoxy groups -OCH3 is 1. The van der Waals surface area contributed by atoms with Crippen LogP contribution in [-0.2, 0) is 20.9 Å². The van der Waals surface area contributed by atoms with Crippen molar-refractivity contribution in [2.45, 2.75) is 13.5 Å². The van der Waals surface area contributed by atoms with Gasteiger partial charge in [0.15, 0.2) is 6.61 Å². The quantitative estimate of drug-likeness (QED) is 0.502. The molecule has 3 rings (SSSR count). The summed E-state index contributed by atoms with van der Waals surface area (Å²) in [4.78, 5) is 23.7. The summed E-state index contributed by atoms with van der Waals surface area (Å²) in [5.41, 5.74) is 2.66. The van der Waals surface area contributed by atoms with Crippen molar-refractivity contribution in [1.82, 2.24) is 5.32 Å². The van der Waals surface area contributed by atoms with Crippen molar-refractivity contribution < 1.29 is 23.8 Å². The first-order valence-electron chi connectivity index (χ1n) is 10.1. The number of ether oxygens (including phenoxy) is 3. The zero-order valence-corrected chi connectivity index (χ0v) is 18.1. The fourth-order valence-corrected chi connectivity index (χ4v) is 2.83. The predicted octanol–water partition coefficient (Wildman–Crippen LogP) is 4.07. The molecular weight excluding hydrogens is 408 g/mol. The molecule has 3 aromatic carbocycles. The van der Waals surface area contributed by atoms with Crippen molar-refractivity contribution in [3.8, 4) is 17.2 Å². The van der Waals surface area contributed by atoms with E-state index in [-0.39, 0.29) is 25.0 Å². The van der Waals surface area contributed by atoms with Gasteiger partial charge in [-0.1, -0.05) is 29.8 Å². The highest BCUT2D eigenvalue weighted by molar-refractivity contribution is 5.91. The predicted molar refractivity (Wildman–Crippen MR) is 122 cm³/mol. The number of carbonyl (C=O) groups is 2. The van der Waals surface area contributed by atoms with Gasteiger partial charge >= 0.3 is 0 Å². The second-order valence-corrected chi connectivity index (χ2v) is 7.13. The zero-order chi connectivity index (χ0) is 22.8. The number of carbonyl (C=O) groups excluding carboxylic acids is 2. The second-order valence-electron chi connectivity index (χ2n) is 7.13. The van der Waals surface area contributed by atoms with E-state index in [1.807, 2.05) is 37.3 Å². The molecule has 7 heteroatoms. The Bertz CT molecular complexity index is 1030. The molecule has 0 aromatic heterocycles. The first kappa shape index (κ1) is 22.8. The highest BCUT2D eigenvalue weighted by atomic mass is 16.5. The number of hydrogen-bond donors (Lipinski definition) is 2. The van der Waals surface area contributed by atoms with Gasteiger partial charge in [-0.3, -0.25) is 9.59 Å². The molecule has 0 aliphatic rings. The summed E-state index contributed by atoms with van der Waals surface area (Å²) in [6, 6.07) is 22.1. The fraction of sp³-hybridized carbons (Fsp3) is 0.200. The van der Waals surface area contributed by atoms with Crippen LogP contribution >= 0.6 is 0 Å². The Kier molecular flexibility index (Phi) is 8.22. The lowest BCUT2D eigenvalue weighted by molar-refractivity contribution is -0.123. The van der Waals surface area contributed by atoms with Crippen LogP contribution in [0, 0.1) is 6.92 Å². The fourth-order valence-electron chi connectivity index (χ4n) is 2.83. The van der Waals surface area contributed by atoms with Gasteiger partial charge < -0.3 is 24.8 Å². The van der Waals surface area contributed by atoms with Gasteiger partial charge in [-0.25, -0.2) is 0 Å². The van der Waals surface area contributed by atoms with Crippen molar-refractivity contribution in [1.29, 1.82) is 0 Å². The number of benzene rings is 3. The van der Waals surface area contributed by atoms with Gasteiger partial charge in [-0.05, 0) is 61.0 Å². The zero-order valence-electron chi connectivity index (χ0n) is 18.1. The summed E-state index contributed by atoms with van der Waals surface area (Å²) in [5, 5.41) is 5.53. The smallest absolute Gasteiger partial charge is 0.258 e. The lowest BCUT2D eigenvalue weighted by atomic mass is 10.2. The Balaban J connectivity index is 1.43. The molecule has 0 spiro atoms. The van der Waals surface area contributed by atoms with E-state index in [2.05, 4.69) is 10.6 Å². The molecule has 7 nitrogen and oxygen atoms in total. The maximum atomic E-state index is 12.1. The molecule has 0 unspecified atom stereocenters. The third kappa shape index (κ3) is 7.45. The SMILES string of the molecule is COCC(=O)Nc1cccc(CNC(=O)COc2ccc(Oc3ccc(C)cc3)cc2)c1. The van der Waals surface area contributed by atoms with Gasteiger partial charge in [0.25, 0.3) is 5.91 Å². The lowest BCUT2D eigenvalue weighted by Gasteiger charge is -2.10. The van der Waals surface area contributed by atoms with E-state index in [0.29, 0.717) is 23.7 Å². The van der Waals surface area contributed by atoms with Crippen LogP contribution in [0.3, 0.4) is 0 Å². The monoisotopic (exact) mass is 434 g/mol. The maximum Gasteiger partial charge on any atom is 0.258 e. The van der Waals surface area contributed by atoms with E-state index in [0.717, 1.165) is 11.3 Å². The van der Waals surface area contributed by atoms with Gasteiger partial charge in [0.1, 0.15) is 23.9 Å². The molecule has 2 N–H and O–H groups in total. The largest absolute Gasteiger partial charge is 0.484 e. The second kappa shape index (κ2) is 11.5. The normalized spacial score (nSPS) is 10.3. The highest BCUT2D eigenvalue weighted by Crippen LogP contribution is 2.24. The van der Waals surface area contributed by atoms with Crippen molar-refractivity contribution in [2.75, 3.05) is 25.6 Å². The molecule has 0 saturated heterocycles. The highest BCUT2D eigenvalue weighted by Gasteiger charge is 2.06. The van der Waals surface area contributed by atoms with E-state index in [9.17, 15) is 9.59 Å². The molecule has 0 aliphatic carbocycles. The lowest BCUT2D eigenvalue weighted by Crippen LogP contribution is -2.28. The Hall–Kier alpha value is -3.84. The van der Waals surface area contributed by atoms with Crippen molar-refractivity contribution in [3.63, 3.8) is 0 Å². The first-order valence-corrected chi connectivity index (χ1v) is 10.1. The summed E-state index contributed by atoms with van der Waals surface area (Å²) in [5.74, 6) is 1.52. The summed E-state index contributed by atoms with van der Waals surface area (Å²) < 4.78 is 16.1. The summed E-state index contributed by atoms with van der Waals surface area (Å²) in [7, 11) is 1.46. The number of nitrogens with one attached hydrogen (secondary N) is 2. The number of hydrogen-bond acceptors (Lipinski definition) is 5. The third-order valence-corrected chi connectivity index (χ3v) is 4.43. The van der Waals surface area contributed by atoms with Crippen LogP contribution in [0.1, 0.15) is 11.1 Å². The number of rotatable bonds is 10. The summed E-state index contributed by atoms with van der Waals surface area (Å²) >= 11 is 0. The van der Waals surface area contributed by atoms with Crippen LogP contribution < -0.4 is 20.1 Å². The molecule has 32 heavy (non-hydrogen) atoms. The summed E-state index contributed by atoms with van der Waals surface area (Å²) in [6.07, 6.45) is 0. The van der Waals surface area contributed by atoms with Gasteiger partial charge in [0, 0.05) is 19.3 Å². The topological polar surface area (TPSA) is 85.9 Å². The Morgan fingerprint density at radius 2 is 1.47 bits per heavy atom. The maximum absolute atomic E-state index is 12.1. The minimum atomic E-state index is -0.251. The summed E-state index contributed by atoms with van der Waals surface area (Å²) in [6.45, 7) is 2.21. The standard InChI is InChI=1S/C25H26N2O5/c1-18-6-8-22(9-7-18)32-23-12-10-21(11-13-23)31-17-24(28)26-15-19-4-3-5-20(14-19)27-25(29)16-30-2/h3-14H,15-17H2,1-2H3,(H,26,28)(H,27,29). The van der Waals surface area contributed by atoms with Crippen LogP contribution in [0.2, 0.25) is 0 Å². The third-order valence-electron chi connectivity index (χ3n) is 4.43. The van der Waals surface area contributed by atoms with Crippen molar-refractivity contribution in [3.05, 3.63) is 83.9 Å². The van der Waals surface area contributed by atoms with Gasteiger partial charge in [-0.15, -0.1) is 0 Å². The van der Waals surface area contributed by atoms with E-state index in [4.69, 9.17) is 14.2 Å². The minimum Gasteiger partial charge on any atom is -0.484 e. The Morgan fingerprint density at radius 1 is 0.812 bits per heavy atom. The molecule has 0 atom stereocenters. The molecule has 0 radical (unpaired) electrons. The van der Waals surface area contributed by atoms with Gasteiger partial charge in [-0.2, -0.15) is 0 Å². The molecule has 0 fully saturated rings. The minimum absolute atomic E-state index is 0.0165.